The number of benzene rings is 2. The molecule has 4 rings (SSSR count). The zero-order chi connectivity index (χ0) is 21.8. The standard InChI is InChI=1S/C24H27N3O4/c1-4-31-18-9-7-17(8-10-18)23-21-6-5-13-26(21)14-15-27(23)24(28)25-20-12-11-19(29-2)16-22(20)30-3/h5-13,16,23H,4,14-15H2,1-3H3,(H,25,28). The maximum atomic E-state index is 13.4. The molecule has 1 unspecified atom stereocenters. The number of hydrogen-bond acceptors (Lipinski definition) is 4. The van der Waals surface area contributed by atoms with Crippen molar-refractivity contribution < 1.29 is 19.0 Å². The number of carbonyl (C=O) groups excluding carboxylic acids is 1. The van der Waals surface area contributed by atoms with Gasteiger partial charge in [0.15, 0.2) is 0 Å². The van der Waals surface area contributed by atoms with E-state index in [9.17, 15) is 4.79 Å². The molecule has 1 atom stereocenters. The topological polar surface area (TPSA) is 65.0 Å². The Morgan fingerprint density at radius 1 is 1.03 bits per heavy atom. The lowest BCUT2D eigenvalue weighted by atomic mass is 10.00. The molecule has 0 saturated heterocycles. The first-order chi connectivity index (χ1) is 15.1. The second kappa shape index (κ2) is 9.04. The third kappa shape index (κ3) is 4.17. The van der Waals surface area contributed by atoms with E-state index in [-0.39, 0.29) is 12.1 Å². The number of hydrogen-bond donors (Lipinski definition) is 1. The fraction of sp³-hybridized carbons (Fsp3) is 0.292. The third-order valence-electron chi connectivity index (χ3n) is 5.46. The number of anilines is 1. The molecule has 1 aliphatic heterocycles. The fourth-order valence-corrected chi connectivity index (χ4v) is 3.95. The van der Waals surface area contributed by atoms with Crippen molar-refractivity contribution in [3.05, 3.63) is 72.1 Å². The number of fused-ring (bicyclic) bond motifs is 1. The van der Waals surface area contributed by atoms with E-state index in [1.807, 2.05) is 42.2 Å². The van der Waals surface area contributed by atoms with Crippen molar-refractivity contribution in [2.45, 2.75) is 19.5 Å². The number of urea groups is 1. The molecule has 2 amide bonds. The van der Waals surface area contributed by atoms with Crippen molar-refractivity contribution in [2.75, 3.05) is 32.7 Å². The van der Waals surface area contributed by atoms with Crippen molar-refractivity contribution in [2.24, 2.45) is 0 Å². The molecule has 7 nitrogen and oxygen atoms in total. The minimum Gasteiger partial charge on any atom is -0.497 e. The van der Waals surface area contributed by atoms with E-state index in [1.54, 1.807) is 32.4 Å². The second-order valence-corrected chi connectivity index (χ2v) is 7.22. The molecule has 1 aromatic heterocycles. The van der Waals surface area contributed by atoms with E-state index < -0.39 is 0 Å². The maximum absolute atomic E-state index is 13.4. The summed E-state index contributed by atoms with van der Waals surface area (Å²) in [7, 11) is 3.16. The molecule has 1 aliphatic rings. The van der Waals surface area contributed by atoms with Crippen LogP contribution in [0.1, 0.15) is 24.2 Å². The highest BCUT2D eigenvalue weighted by atomic mass is 16.5. The largest absolute Gasteiger partial charge is 0.497 e. The predicted octanol–water partition coefficient (Wildman–Crippen LogP) is 4.54. The Kier molecular flexibility index (Phi) is 6.02. The monoisotopic (exact) mass is 421 g/mol. The van der Waals surface area contributed by atoms with Crippen molar-refractivity contribution >= 4 is 11.7 Å². The van der Waals surface area contributed by atoms with Crippen molar-refractivity contribution in [1.82, 2.24) is 9.47 Å². The first-order valence-corrected chi connectivity index (χ1v) is 10.3. The summed E-state index contributed by atoms with van der Waals surface area (Å²) in [6, 6.07) is 17.0. The number of methoxy groups -OCH3 is 2. The Hall–Kier alpha value is -3.61. The molecule has 3 aromatic rings. The first kappa shape index (κ1) is 20.7. The van der Waals surface area contributed by atoms with Crippen molar-refractivity contribution in [1.29, 1.82) is 0 Å². The molecule has 0 aliphatic carbocycles. The Labute approximate surface area is 182 Å². The molecular formula is C24H27N3O4. The van der Waals surface area contributed by atoms with Gasteiger partial charge < -0.3 is 29.0 Å². The van der Waals surface area contributed by atoms with Crippen LogP contribution in [0.2, 0.25) is 0 Å². The van der Waals surface area contributed by atoms with Gasteiger partial charge in [0.05, 0.1) is 32.6 Å². The quantitative estimate of drug-likeness (QED) is 0.635. The summed E-state index contributed by atoms with van der Waals surface area (Å²) >= 11 is 0. The molecule has 2 heterocycles. The summed E-state index contributed by atoms with van der Waals surface area (Å²) in [6.07, 6.45) is 2.05. The van der Waals surface area contributed by atoms with E-state index in [1.165, 1.54) is 0 Å². The molecule has 31 heavy (non-hydrogen) atoms. The van der Waals surface area contributed by atoms with Gasteiger partial charge in [0, 0.05) is 31.0 Å². The van der Waals surface area contributed by atoms with Gasteiger partial charge in [0.1, 0.15) is 17.2 Å². The van der Waals surface area contributed by atoms with Gasteiger partial charge in [-0.25, -0.2) is 4.79 Å². The van der Waals surface area contributed by atoms with Crippen molar-refractivity contribution in [3.8, 4) is 17.2 Å². The zero-order valence-electron chi connectivity index (χ0n) is 18.0. The molecule has 2 aromatic carbocycles. The van der Waals surface area contributed by atoms with Gasteiger partial charge in [-0.1, -0.05) is 12.1 Å². The van der Waals surface area contributed by atoms with Crippen LogP contribution in [0.4, 0.5) is 10.5 Å². The normalized spacial score (nSPS) is 15.2. The number of nitrogens with zero attached hydrogens (tertiary/aromatic N) is 2. The highest BCUT2D eigenvalue weighted by Gasteiger charge is 2.32. The number of nitrogens with one attached hydrogen (secondary N) is 1. The number of ether oxygens (including phenoxy) is 3. The minimum atomic E-state index is -0.205. The van der Waals surface area contributed by atoms with Crippen LogP contribution in [0, 0.1) is 0 Å². The van der Waals surface area contributed by atoms with Crippen molar-refractivity contribution in [3.63, 3.8) is 0 Å². The molecule has 0 saturated carbocycles. The molecule has 0 fully saturated rings. The van der Waals surface area contributed by atoms with E-state index in [0.29, 0.717) is 30.3 Å². The van der Waals surface area contributed by atoms with Crippen LogP contribution in [0.5, 0.6) is 17.2 Å². The first-order valence-electron chi connectivity index (χ1n) is 10.3. The minimum absolute atomic E-state index is 0.185. The molecule has 7 heteroatoms. The third-order valence-corrected chi connectivity index (χ3v) is 5.46. The van der Waals surface area contributed by atoms with Crippen LogP contribution in [0.25, 0.3) is 0 Å². The van der Waals surface area contributed by atoms with Gasteiger partial charge in [-0.2, -0.15) is 0 Å². The van der Waals surface area contributed by atoms with Gasteiger partial charge >= 0.3 is 6.03 Å². The predicted molar refractivity (Wildman–Crippen MR) is 119 cm³/mol. The van der Waals surface area contributed by atoms with Gasteiger partial charge in [-0.3, -0.25) is 0 Å². The lowest BCUT2D eigenvalue weighted by Crippen LogP contribution is -2.44. The van der Waals surface area contributed by atoms with E-state index >= 15 is 0 Å². The Balaban J connectivity index is 1.64. The molecule has 0 radical (unpaired) electrons. The number of carbonyl (C=O) groups is 1. The SMILES string of the molecule is CCOc1ccc(C2c3cccn3CCN2C(=O)Nc2ccc(OC)cc2OC)cc1. The second-order valence-electron chi connectivity index (χ2n) is 7.22. The lowest BCUT2D eigenvalue weighted by molar-refractivity contribution is 0.181. The molecular weight excluding hydrogens is 394 g/mol. The highest BCUT2D eigenvalue weighted by Crippen LogP contribution is 2.35. The molecule has 0 spiro atoms. The number of amides is 2. The fourth-order valence-electron chi connectivity index (χ4n) is 3.95. The molecule has 0 bridgehead atoms. The van der Waals surface area contributed by atoms with E-state index in [4.69, 9.17) is 14.2 Å². The van der Waals surface area contributed by atoms with Crippen LogP contribution < -0.4 is 19.5 Å². The Morgan fingerprint density at radius 2 is 1.81 bits per heavy atom. The Morgan fingerprint density at radius 3 is 2.52 bits per heavy atom. The van der Waals surface area contributed by atoms with Crippen LogP contribution in [-0.2, 0) is 6.54 Å². The lowest BCUT2D eigenvalue weighted by Gasteiger charge is -2.37. The van der Waals surface area contributed by atoms with Gasteiger partial charge in [0.2, 0.25) is 0 Å². The van der Waals surface area contributed by atoms with E-state index in [0.717, 1.165) is 23.6 Å². The summed E-state index contributed by atoms with van der Waals surface area (Å²) in [5.74, 6) is 2.03. The maximum Gasteiger partial charge on any atom is 0.322 e. The smallest absolute Gasteiger partial charge is 0.322 e. The van der Waals surface area contributed by atoms with Crippen LogP contribution in [0.15, 0.2) is 60.8 Å². The summed E-state index contributed by atoms with van der Waals surface area (Å²) in [4.78, 5) is 15.2. The van der Waals surface area contributed by atoms with Crippen LogP contribution >= 0.6 is 0 Å². The summed E-state index contributed by atoms with van der Waals surface area (Å²) in [5, 5.41) is 3.01. The van der Waals surface area contributed by atoms with Crippen LogP contribution in [0.3, 0.4) is 0 Å². The van der Waals surface area contributed by atoms with Gasteiger partial charge in [-0.05, 0) is 48.9 Å². The van der Waals surface area contributed by atoms with E-state index in [2.05, 4.69) is 22.1 Å². The average molecular weight is 421 g/mol. The summed E-state index contributed by atoms with van der Waals surface area (Å²) in [5.41, 5.74) is 2.70. The number of rotatable bonds is 6. The average Bonchev–Trinajstić information content (AvgIpc) is 3.28. The number of aromatic nitrogens is 1. The molecule has 1 N–H and O–H groups in total. The zero-order valence-corrected chi connectivity index (χ0v) is 18.0. The summed E-state index contributed by atoms with van der Waals surface area (Å²) < 4.78 is 18.5. The summed E-state index contributed by atoms with van der Waals surface area (Å²) in [6.45, 7) is 3.90. The van der Waals surface area contributed by atoms with Gasteiger partial charge in [0.25, 0.3) is 0 Å². The highest BCUT2D eigenvalue weighted by molar-refractivity contribution is 5.91. The molecule has 162 valence electrons. The van der Waals surface area contributed by atoms with Gasteiger partial charge in [-0.15, -0.1) is 0 Å². The Bertz CT molecular complexity index is 1050. The van der Waals surface area contributed by atoms with Crippen LogP contribution in [-0.4, -0.2) is 42.9 Å².